The highest BCUT2D eigenvalue weighted by Crippen LogP contribution is 2.31. The largest absolute Gasteiger partial charge is 0.462 e. The van der Waals surface area contributed by atoms with Gasteiger partial charge in [-0.05, 0) is 26.3 Å². The van der Waals surface area contributed by atoms with E-state index in [1.54, 1.807) is 20.8 Å². The fourth-order valence-electron chi connectivity index (χ4n) is 2.33. The first-order valence-electron chi connectivity index (χ1n) is 6.74. The highest BCUT2D eigenvalue weighted by molar-refractivity contribution is 6.00. The van der Waals surface area contributed by atoms with Crippen LogP contribution in [0.3, 0.4) is 0 Å². The zero-order valence-electron chi connectivity index (χ0n) is 12.3. The molecule has 0 atom stereocenters. The van der Waals surface area contributed by atoms with Gasteiger partial charge in [-0.3, -0.25) is 4.98 Å². The Hall–Kier alpha value is -2.67. The monoisotopic (exact) mass is 280 g/mol. The van der Waals surface area contributed by atoms with Gasteiger partial charge in [0.05, 0.1) is 29.1 Å². The van der Waals surface area contributed by atoms with Crippen LogP contribution in [0.2, 0.25) is 0 Å². The summed E-state index contributed by atoms with van der Waals surface area (Å²) in [5, 5.41) is 9.45. The number of nitrogens with zero attached hydrogens (tertiary/aromatic N) is 2. The standard InChI is InChI=1S/C17H16N2O2/c1-4-21-17(20)15-12(3)19-11(2)14(10-18)16(15)13-8-6-5-7-9-13/h5-9H,4H2,1-3H3. The van der Waals surface area contributed by atoms with Crippen LogP contribution in [0, 0.1) is 25.2 Å². The number of benzene rings is 1. The summed E-state index contributed by atoms with van der Waals surface area (Å²) in [5.41, 5.74) is 3.37. The molecule has 0 radical (unpaired) electrons. The Morgan fingerprint density at radius 1 is 1.24 bits per heavy atom. The Kier molecular flexibility index (Phi) is 4.34. The number of ether oxygens (including phenoxy) is 1. The molecule has 0 amide bonds. The van der Waals surface area contributed by atoms with Gasteiger partial charge in [-0.2, -0.15) is 5.26 Å². The molecule has 21 heavy (non-hydrogen) atoms. The summed E-state index contributed by atoms with van der Waals surface area (Å²) in [6, 6.07) is 11.5. The number of aryl methyl sites for hydroxylation is 2. The number of hydrogen-bond acceptors (Lipinski definition) is 4. The summed E-state index contributed by atoms with van der Waals surface area (Å²) < 4.78 is 5.12. The maximum absolute atomic E-state index is 12.3. The van der Waals surface area contributed by atoms with Crippen LogP contribution in [0.4, 0.5) is 0 Å². The lowest BCUT2D eigenvalue weighted by Crippen LogP contribution is -2.12. The lowest BCUT2D eigenvalue weighted by Gasteiger charge is -2.14. The maximum Gasteiger partial charge on any atom is 0.340 e. The minimum Gasteiger partial charge on any atom is -0.462 e. The van der Waals surface area contributed by atoms with Gasteiger partial charge in [-0.25, -0.2) is 4.79 Å². The van der Waals surface area contributed by atoms with Gasteiger partial charge >= 0.3 is 5.97 Å². The molecule has 106 valence electrons. The van der Waals surface area contributed by atoms with Gasteiger partial charge in [0.1, 0.15) is 6.07 Å². The fourth-order valence-corrected chi connectivity index (χ4v) is 2.33. The van der Waals surface area contributed by atoms with Gasteiger partial charge in [0, 0.05) is 5.56 Å². The summed E-state index contributed by atoms with van der Waals surface area (Å²) in [7, 11) is 0. The summed E-state index contributed by atoms with van der Waals surface area (Å²) in [6.07, 6.45) is 0. The Balaban J connectivity index is 2.81. The van der Waals surface area contributed by atoms with Crippen LogP contribution in [-0.4, -0.2) is 17.6 Å². The zero-order valence-corrected chi connectivity index (χ0v) is 12.3. The highest BCUT2D eigenvalue weighted by atomic mass is 16.5. The molecule has 0 N–H and O–H groups in total. The lowest BCUT2D eigenvalue weighted by atomic mass is 9.93. The van der Waals surface area contributed by atoms with E-state index in [0.717, 1.165) is 5.56 Å². The summed E-state index contributed by atoms with van der Waals surface area (Å²) in [5.74, 6) is -0.446. The van der Waals surface area contributed by atoms with Gasteiger partial charge in [0.15, 0.2) is 0 Å². The third-order valence-electron chi connectivity index (χ3n) is 3.21. The van der Waals surface area contributed by atoms with Crippen molar-refractivity contribution in [3.8, 4) is 17.2 Å². The van der Waals surface area contributed by atoms with Crippen molar-refractivity contribution < 1.29 is 9.53 Å². The van der Waals surface area contributed by atoms with E-state index in [4.69, 9.17) is 4.74 Å². The van der Waals surface area contributed by atoms with E-state index in [2.05, 4.69) is 11.1 Å². The average Bonchev–Trinajstić information content (AvgIpc) is 2.47. The fraction of sp³-hybridized carbons (Fsp3) is 0.235. The number of carbonyl (C=O) groups excluding carboxylic acids is 1. The third kappa shape index (κ3) is 2.77. The molecule has 0 unspecified atom stereocenters. The topological polar surface area (TPSA) is 63.0 Å². The second-order valence-electron chi connectivity index (χ2n) is 4.61. The SMILES string of the molecule is CCOC(=O)c1c(C)nc(C)c(C#N)c1-c1ccccc1. The molecule has 0 saturated heterocycles. The Labute approximate surface area is 124 Å². The molecule has 1 aromatic carbocycles. The van der Waals surface area contributed by atoms with E-state index in [0.29, 0.717) is 28.1 Å². The predicted molar refractivity (Wildman–Crippen MR) is 79.8 cm³/mol. The molecule has 4 heteroatoms. The van der Waals surface area contributed by atoms with Crippen LogP contribution in [0.5, 0.6) is 0 Å². The van der Waals surface area contributed by atoms with E-state index < -0.39 is 5.97 Å². The summed E-state index contributed by atoms with van der Waals surface area (Å²) in [4.78, 5) is 16.6. The second-order valence-corrected chi connectivity index (χ2v) is 4.61. The van der Waals surface area contributed by atoms with E-state index in [9.17, 15) is 10.1 Å². The Morgan fingerprint density at radius 3 is 2.48 bits per heavy atom. The van der Waals surface area contributed by atoms with Gasteiger partial charge in [-0.1, -0.05) is 30.3 Å². The van der Waals surface area contributed by atoms with Crippen LogP contribution in [0.25, 0.3) is 11.1 Å². The quantitative estimate of drug-likeness (QED) is 0.808. The minimum atomic E-state index is -0.446. The van der Waals surface area contributed by atoms with Gasteiger partial charge < -0.3 is 4.74 Å². The molecule has 1 heterocycles. The Morgan fingerprint density at radius 2 is 1.90 bits per heavy atom. The summed E-state index contributed by atoms with van der Waals surface area (Å²) >= 11 is 0. The predicted octanol–water partition coefficient (Wildman–Crippen LogP) is 3.41. The van der Waals surface area contributed by atoms with Crippen LogP contribution >= 0.6 is 0 Å². The molecular weight excluding hydrogens is 264 g/mol. The van der Waals surface area contributed by atoms with Crippen molar-refractivity contribution >= 4 is 5.97 Å². The van der Waals surface area contributed by atoms with Crippen LogP contribution in [0.15, 0.2) is 30.3 Å². The Bertz CT molecular complexity index is 716. The molecule has 0 aliphatic carbocycles. The number of rotatable bonds is 3. The first kappa shape index (κ1) is 14.7. The van der Waals surface area contributed by atoms with Crippen molar-refractivity contribution in [2.75, 3.05) is 6.61 Å². The van der Waals surface area contributed by atoms with Gasteiger partial charge in [0.25, 0.3) is 0 Å². The lowest BCUT2D eigenvalue weighted by molar-refractivity contribution is 0.0526. The first-order chi connectivity index (χ1) is 10.1. The molecule has 1 aromatic heterocycles. The molecule has 0 spiro atoms. The van der Waals surface area contributed by atoms with Crippen molar-refractivity contribution in [3.05, 3.63) is 52.8 Å². The van der Waals surface area contributed by atoms with Gasteiger partial charge in [0.2, 0.25) is 0 Å². The molecule has 0 aliphatic rings. The van der Waals surface area contributed by atoms with E-state index in [-0.39, 0.29) is 6.61 Å². The first-order valence-corrected chi connectivity index (χ1v) is 6.74. The van der Waals surface area contributed by atoms with Crippen molar-refractivity contribution in [2.45, 2.75) is 20.8 Å². The van der Waals surface area contributed by atoms with E-state index >= 15 is 0 Å². The molecule has 0 aliphatic heterocycles. The number of nitriles is 1. The number of hydrogen-bond donors (Lipinski definition) is 0. The smallest absolute Gasteiger partial charge is 0.340 e. The number of carbonyl (C=O) groups is 1. The molecule has 4 nitrogen and oxygen atoms in total. The van der Waals surface area contributed by atoms with Crippen molar-refractivity contribution in [1.82, 2.24) is 4.98 Å². The molecule has 2 rings (SSSR count). The second kappa shape index (κ2) is 6.19. The molecule has 0 bridgehead atoms. The number of esters is 1. The van der Waals surface area contributed by atoms with E-state index in [1.807, 2.05) is 30.3 Å². The molecule has 0 saturated carbocycles. The van der Waals surface area contributed by atoms with Gasteiger partial charge in [-0.15, -0.1) is 0 Å². The minimum absolute atomic E-state index is 0.280. The normalized spacial score (nSPS) is 10.0. The van der Waals surface area contributed by atoms with Crippen molar-refractivity contribution in [3.63, 3.8) is 0 Å². The highest BCUT2D eigenvalue weighted by Gasteiger charge is 2.23. The number of aromatic nitrogens is 1. The van der Waals surface area contributed by atoms with Crippen LogP contribution < -0.4 is 0 Å². The molecular formula is C17H16N2O2. The maximum atomic E-state index is 12.3. The van der Waals surface area contributed by atoms with E-state index in [1.165, 1.54) is 0 Å². The molecule has 0 fully saturated rings. The van der Waals surface area contributed by atoms with Crippen LogP contribution in [0.1, 0.15) is 34.2 Å². The molecule has 2 aromatic rings. The number of pyridine rings is 1. The van der Waals surface area contributed by atoms with Crippen LogP contribution in [-0.2, 0) is 4.74 Å². The zero-order chi connectivity index (χ0) is 15.4. The van der Waals surface area contributed by atoms with Crippen molar-refractivity contribution in [1.29, 1.82) is 5.26 Å². The summed E-state index contributed by atoms with van der Waals surface area (Å²) in [6.45, 7) is 5.56. The average molecular weight is 280 g/mol. The van der Waals surface area contributed by atoms with Crippen molar-refractivity contribution in [2.24, 2.45) is 0 Å². The third-order valence-corrected chi connectivity index (χ3v) is 3.21.